The van der Waals surface area contributed by atoms with Crippen molar-refractivity contribution in [2.24, 2.45) is 0 Å². The van der Waals surface area contributed by atoms with Crippen LogP contribution in [0.15, 0.2) is 30.3 Å². The average molecular weight is 312 g/mol. The van der Waals surface area contributed by atoms with Crippen molar-refractivity contribution in [3.63, 3.8) is 0 Å². The summed E-state index contributed by atoms with van der Waals surface area (Å²) in [6.07, 6.45) is 2.25. The molecule has 5 heteroatoms. The predicted molar refractivity (Wildman–Crippen MR) is 94.7 cm³/mol. The number of carbonyl (C=O) groups excluding carboxylic acids is 1. The third-order valence-corrected chi connectivity index (χ3v) is 3.57. The molecule has 1 N–H and O–H groups in total. The molecule has 0 spiro atoms. The number of ketones is 1. The van der Waals surface area contributed by atoms with Crippen molar-refractivity contribution in [3.8, 4) is 0 Å². The van der Waals surface area contributed by atoms with Crippen LogP contribution in [0, 0.1) is 6.92 Å². The van der Waals surface area contributed by atoms with E-state index in [4.69, 9.17) is 0 Å². The topological polar surface area (TPSA) is 58.1 Å². The second-order valence-corrected chi connectivity index (χ2v) is 5.73. The van der Waals surface area contributed by atoms with Crippen LogP contribution in [0.25, 0.3) is 0 Å². The number of rotatable bonds is 7. The maximum Gasteiger partial charge on any atom is 0.227 e. The Bertz CT molecular complexity index is 684. The van der Waals surface area contributed by atoms with Gasteiger partial charge in [0.25, 0.3) is 0 Å². The Hall–Kier alpha value is -2.43. The van der Waals surface area contributed by atoms with Gasteiger partial charge < -0.3 is 10.2 Å². The van der Waals surface area contributed by atoms with Gasteiger partial charge in [0.05, 0.1) is 0 Å². The molecule has 1 aromatic carbocycles. The summed E-state index contributed by atoms with van der Waals surface area (Å²) in [7, 11) is 2.00. The summed E-state index contributed by atoms with van der Waals surface area (Å²) < 4.78 is 0. The van der Waals surface area contributed by atoms with Crippen LogP contribution in [0.2, 0.25) is 0 Å². The van der Waals surface area contributed by atoms with E-state index in [1.165, 1.54) is 0 Å². The van der Waals surface area contributed by atoms with Crippen molar-refractivity contribution >= 4 is 23.2 Å². The number of hydrogen-bond acceptors (Lipinski definition) is 5. The summed E-state index contributed by atoms with van der Waals surface area (Å²) >= 11 is 0. The zero-order chi connectivity index (χ0) is 16.8. The zero-order valence-electron chi connectivity index (χ0n) is 14.3. The van der Waals surface area contributed by atoms with Crippen LogP contribution >= 0.6 is 0 Å². The fourth-order valence-corrected chi connectivity index (χ4v) is 2.25. The molecule has 0 amide bonds. The molecular weight excluding hydrogens is 288 g/mol. The average Bonchev–Trinajstić information content (AvgIpc) is 2.52. The zero-order valence-corrected chi connectivity index (χ0v) is 14.3. The first-order chi connectivity index (χ1) is 11.0. The Labute approximate surface area is 137 Å². The molecule has 0 aliphatic carbocycles. The fraction of sp³-hybridized carbons (Fsp3) is 0.389. The van der Waals surface area contributed by atoms with Gasteiger partial charge in [-0.2, -0.15) is 4.98 Å². The van der Waals surface area contributed by atoms with E-state index in [0.29, 0.717) is 11.5 Å². The van der Waals surface area contributed by atoms with Crippen LogP contribution < -0.4 is 10.2 Å². The first kappa shape index (κ1) is 16.9. The van der Waals surface area contributed by atoms with Crippen LogP contribution in [0.4, 0.5) is 17.5 Å². The van der Waals surface area contributed by atoms with Crippen molar-refractivity contribution in [1.29, 1.82) is 0 Å². The Morgan fingerprint density at radius 3 is 2.74 bits per heavy atom. The highest BCUT2D eigenvalue weighted by Crippen LogP contribution is 2.19. The second kappa shape index (κ2) is 7.72. The molecule has 1 aromatic heterocycles. The number of benzene rings is 1. The smallest absolute Gasteiger partial charge is 0.227 e. The van der Waals surface area contributed by atoms with Gasteiger partial charge in [-0.15, -0.1) is 0 Å². The molecule has 2 rings (SSSR count). The van der Waals surface area contributed by atoms with E-state index in [1.54, 1.807) is 6.92 Å². The monoisotopic (exact) mass is 312 g/mol. The molecule has 0 saturated heterocycles. The minimum absolute atomic E-state index is 0.0486. The second-order valence-electron chi connectivity index (χ2n) is 5.73. The summed E-state index contributed by atoms with van der Waals surface area (Å²) in [6, 6.07) is 9.33. The molecule has 5 nitrogen and oxygen atoms in total. The molecule has 0 unspecified atom stereocenters. The number of carbonyl (C=O) groups is 1. The molecule has 0 aliphatic heterocycles. The lowest BCUT2D eigenvalue weighted by Crippen LogP contribution is -2.21. The van der Waals surface area contributed by atoms with E-state index in [1.807, 2.05) is 44.3 Å². The number of hydrogen-bond donors (Lipinski definition) is 1. The lowest BCUT2D eigenvalue weighted by molar-refractivity contribution is 0.101. The van der Waals surface area contributed by atoms with Crippen LogP contribution in [0.3, 0.4) is 0 Å². The van der Waals surface area contributed by atoms with Crippen molar-refractivity contribution in [2.45, 2.75) is 33.6 Å². The SMILES string of the molecule is CCCCN(C)c1nc(C)cc(Nc2cccc(C(C)=O)c2)n1. The molecule has 0 radical (unpaired) electrons. The van der Waals surface area contributed by atoms with Crippen molar-refractivity contribution in [3.05, 3.63) is 41.6 Å². The normalized spacial score (nSPS) is 10.4. The molecule has 1 heterocycles. The highest BCUT2D eigenvalue weighted by Gasteiger charge is 2.08. The third-order valence-electron chi connectivity index (χ3n) is 3.57. The summed E-state index contributed by atoms with van der Waals surface area (Å²) in [6.45, 7) is 6.61. The van der Waals surface area contributed by atoms with Gasteiger partial charge in [0.2, 0.25) is 5.95 Å². The Morgan fingerprint density at radius 2 is 2.04 bits per heavy atom. The van der Waals surface area contributed by atoms with Crippen LogP contribution in [-0.2, 0) is 0 Å². The maximum atomic E-state index is 11.5. The van der Waals surface area contributed by atoms with E-state index in [2.05, 4.69) is 27.1 Å². The number of anilines is 3. The standard InChI is InChI=1S/C18H24N4O/c1-5-6-10-22(4)18-19-13(2)11-17(21-18)20-16-9-7-8-15(12-16)14(3)23/h7-9,11-12H,5-6,10H2,1-4H3,(H,19,20,21). The van der Waals surface area contributed by atoms with Gasteiger partial charge in [0.15, 0.2) is 5.78 Å². The molecule has 0 aliphatic rings. The van der Waals surface area contributed by atoms with Gasteiger partial charge in [0.1, 0.15) is 5.82 Å². The quantitative estimate of drug-likeness (QED) is 0.784. The minimum Gasteiger partial charge on any atom is -0.344 e. The summed E-state index contributed by atoms with van der Waals surface area (Å²) in [4.78, 5) is 22.6. The molecule has 122 valence electrons. The first-order valence-electron chi connectivity index (χ1n) is 7.94. The lowest BCUT2D eigenvalue weighted by atomic mass is 10.1. The number of nitrogens with one attached hydrogen (secondary N) is 1. The summed E-state index contributed by atoms with van der Waals surface area (Å²) in [5.41, 5.74) is 2.43. The Balaban J connectivity index is 2.21. The fourth-order valence-electron chi connectivity index (χ4n) is 2.25. The van der Waals surface area contributed by atoms with Crippen molar-refractivity contribution in [2.75, 3.05) is 23.8 Å². The largest absolute Gasteiger partial charge is 0.344 e. The van der Waals surface area contributed by atoms with E-state index in [9.17, 15) is 4.79 Å². The van der Waals surface area contributed by atoms with Gasteiger partial charge in [-0.3, -0.25) is 4.79 Å². The van der Waals surface area contributed by atoms with Gasteiger partial charge in [-0.05, 0) is 32.4 Å². The van der Waals surface area contributed by atoms with E-state index >= 15 is 0 Å². The summed E-state index contributed by atoms with van der Waals surface area (Å²) in [5.74, 6) is 1.49. The van der Waals surface area contributed by atoms with Crippen molar-refractivity contribution in [1.82, 2.24) is 9.97 Å². The molecule has 0 atom stereocenters. The number of aromatic nitrogens is 2. The van der Waals surface area contributed by atoms with Gasteiger partial charge in [-0.1, -0.05) is 25.5 Å². The van der Waals surface area contributed by atoms with Gasteiger partial charge in [0, 0.05) is 36.6 Å². The van der Waals surface area contributed by atoms with E-state index in [-0.39, 0.29) is 5.78 Å². The van der Waals surface area contributed by atoms with Crippen LogP contribution in [0.1, 0.15) is 42.7 Å². The molecular formula is C18H24N4O. The highest BCUT2D eigenvalue weighted by molar-refractivity contribution is 5.95. The molecule has 0 bridgehead atoms. The Morgan fingerprint density at radius 1 is 1.26 bits per heavy atom. The predicted octanol–water partition coefficient (Wildman–Crippen LogP) is 3.97. The lowest BCUT2D eigenvalue weighted by Gasteiger charge is -2.18. The molecule has 23 heavy (non-hydrogen) atoms. The molecule has 2 aromatic rings. The maximum absolute atomic E-state index is 11.5. The number of Topliss-reactive ketones (excluding diaryl/α,β-unsaturated/α-hetero) is 1. The number of aryl methyl sites for hydroxylation is 1. The first-order valence-corrected chi connectivity index (χ1v) is 7.94. The molecule has 0 fully saturated rings. The number of unbranched alkanes of at least 4 members (excludes halogenated alkanes) is 1. The van der Waals surface area contributed by atoms with Gasteiger partial charge >= 0.3 is 0 Å². The highest BCUT2D eigenvalue weighted by atomic mass is 16.1. The van der Waals surface area contributed by atoms with Crippen LogP contribution in [-0.4, -0.2) is 29.3 Å². The van der Waals surface area contributed by atoms with Gasteiger partial charge in [-0.25, -0.2) is 4.98 Å². The summed E-state index contributed by atoms with van der Waals surface area (Å²) in [5, 5.41) is 3.26. The van der Waals surface area contributed by atoms with Crippen molar-refractivity contribution < 1.29 is 4.79 Å². The van der Waals surface area contributed by atoms with Crippen LogP contribution in [0.5, 0.6) is 0 Å². The van der Waals surface area contributed by atoms with E-state index < -0.39 is 0 Å². The minimum atomic E-state index is 0.0486. The Kier molecular flexibility index (Phi) is 5.68. The molecule has 0 saturated carbocycles. The van der Waals surface area contributed by atoms with E-state index in [0.717, 1.165) is 36.6 Å². The third kappa shape index (κ3) is 4.77. The number of nitrogens with zero attached hydrogens (tertiary/aromatic N) is 3.